The van der Waals surface area contributed by atoms with E-state index in [4.69, 9.17) is 14.1 Å². The number of rotatable bonds is 11. The summed E-state index contributed by atoms with van der Waals surface area (Å²) in [4.78, 5) is 4.87. The average Bonchev–Trinajstić information content (AvgIpc) is 3.28. The lowest BCUT2D eigenvalue weighted by atomic mass is 10.0. The molecule has 5 heteroatoms. The van der Waals surface area contributed by atoms with Gasteiger partial charge in [-0.3, -0.25) is 4.99 Å². The fraction of sp³-hybridized carbons (Fsp3) is 0.500. The molecule has 1 aromatic heterocycles. The molecule has 0 radical (unpaired) electrons. The second kappa shape index (κ2) is 10.2. The Morgan fingerprint density at radius 3 is 2.52 bits per heavy atom. The van der Waals surface area contributed by atoms with Gasteiger partial charge in [-0.1, -0.05) is 30.3 Å². The summed E-state index contributed by atoms with van der Waals surface area (Å²) in [5.74, 6) is 1.88. The van der Waals surface area contributed by atoms with E-state index in [1.54, 1.807) is 13.4 Å². The first kappa shape index (κ1) is 19.5. The Hall–Kier alpha value is -2.27. The number of furan rings is 1. The highest BCUT2D eigenvalue weighted by Gasteiger charge is 2.41. The molecule has 0 amide bonds. The molecule has 0 spiro atoms. The maximum atomic E-state index is 5.41. The van der Waals surface area contributed by atoms with Gasteiger partial charge in [-0.05, 0) is 48.8 Å². The molecule has 1 aromatic carbocycles. The first-order valence-electron chi connectivity index (χ1n) is 9.87. The molecule has 146 valence electrons. The molecule has 1 aliphatic rings. The van der Waals surface area contributed by atoms with Gasteiger partial charge in [0.1, 0.15) is 5.76 Å². The number of nitrogens with one attached hydrogen (secondary N) is 2. The van der Waals surface area contributed by atoms with E-state index in [9.17, 15) is 0 Å². The smallest absolute Gasteiger partial charge is 0.191 e. The third-order valence-corrected chi connectivity index (χ3v) is 5.16. The minimum absolute atomic E-state index is 0.352. The number of nitrogens with zero attached hydrogens (tertiary/aromatic N) is 1. The zero-order chi connectivity index (χ0) is 18.8. The molecule has 2 N–H and O–H groups in total. The van der Waals surface area contributed by atoms with Crippen molar-refractivity contribution in [2.75, 3.05) is 33.4 Å². The molecule has 1 aliphatic carbocycles. The Morgan fingerprint density at radius 1 is 1.07 bits per heavy atom. The van der Waals surface area contributed by atoms with Gasteiger partial charge in [-0.2, -0.15) is 0 Å². The Balaban J connectivity index is 1.49. The third kappa shape index (κ3) is 6.75. The van der Waals surface area contributed by atoms with Crippen LogP contribution in [0, 0.1) is 5.41 Å². The molecule has 0 bridgehead atoms. The summed E-state index contributed by atoms with van der Waals surface area (Å²) >= 11 is 0. The summed E-state index contributed by atoms with van der Waals surface area (Å²) in [5.41, 5.74) is 1.68. The largest absolute Gasteiger partial charge is 0.469 e. The number of benzene rings is 1. The third-order valence-electron chi connectivity index (χ3n) is 5.16. The molecule has 0 unspecified atom stereocenters. The summed E-state index contributed by atoms with van der Waals surface area (Å²) in [5, 5.41) is 6.93. The molecule has 1 heterocycles. The fourth-order valence-electron chi connectivity index (χ4n) is 3.13. The van der Waals surface area contributed by atoms with Gasteiger partial charge in [0.25, 0.3) is 0 Å². The molecule has 2 aromatic rings. The quantitative estimate of drug-likeness (QED) is 0.471. The van der Waals surface area contributed by atoms with E-state index < -0.39 is 0 Å². The van der Waals surface area contributed by atoms with Gasteiger partial charge in [-0.15, -0.1) is 0 Å². The normalized spacial score (nSPS) is 15.5. The Labute approximate surface area is 162 Å². The number of hydrogen-bond donors (Lipinski definition) is 2. The number of guanidine groups is 1. The highest BCUT2D eigenvalue weighted by atomic mass is 16.5. The first-order valence-corrected chi connectivity index (χ1v) is 9.87. The van der Waals surface area contributed by atoms with E-state index in [0.29, 0.717) is 5.41 Å². The van der Waals surface area contributed by atoms with Crippen LogP contribution in [0.4, 0.5) is 0 Å². The van der Waals surface area contributed by atoms with E-state index in [1.807, 2.05) is 12.1 Å². The standard InChI is InChI=1S/C22H31N3O2/c1-26-17-13-22(11-12-22)18-25-21(24-15-10-20-8-5-16-27-20)23-14-9-19-6-3-2-4-7-19/h2-8,16H,9-15,17-18H2,1H3,(H2,23,24,25). The molecule has 3 rings (SSSR count). The van der Waals surface area contributed by atoms with Crippen LogP contribution >= 0.6 is 0 Å². The molecular weight excluding hydrogens is 338 g/mol. The number of aliphatic imine (C=N–C) groups is 1. The molecule has 1 saturated carbocycles. The van der Waals surface area contributed by atoms with Crippen molar-refractivity contribution in [1.82, 2.24) is 10.6 Å². The predicted molar refractivity (Wildman–Crippen MR) is 109 cm³/mol. The van der Waals surface area contributed by atoms with Crippen LogP contribution in [-0.4, -0.2) is 39.3 Å². The Bertz CT molecular complexity index is 679. The van der Waals surface area contributed by atoms with Crippen molar-refractivity contribution in [2.45, 2.75) is 32.1 Å². The Morgan fingerprint density at radius 2 is 1.85 bits per heavy atom. The van der Waals surface area contributed by atoms with Crippen molar-refractivity contribution >= 4 is 5.96 Å². The fourth-order valence-corrected chi connectivity index (χ4v) is 3.13. The van der Waals surface area contributed by atoms with Crippen LogP contribution in [0.1, 0.15) is 30.6 Å². The van der Waals surface area contributed by atoms with Gasteiger partial charge in [0, 0.05) is 39.8 Å². The van der Waals surface area contributed by atoms with Gasteiger partial charge in [0.15, 0.2) is 5.96 Å². The zero-order valence-electron chi connectivity index (χ0n) is 16.2. The minimum atomic E-state index is 0.352. The van der Waals surface area contributed by atoms with Crippen molar-refractivity contribution in [2.24, 2.45) is 10.4 Å². The lowest BCUT2D eigenvalue weighted by Gasteiger charge is -2.16. The minimum Gasteiger partial charge on any atom is -0.469 e. The monoisotopic (exact) mass is 369 g/mol. The van der Waals surface area contributed by atoms with E-state index in [1.165, 1.54) is 18.4 Å². The van der Waals surface area contributed by atoms with Gasteiger partial charge in [0.05, 0.1) is 6.26 Å². The van der Waals surface area contributed by atoms with E-state index >= 15 is 0 Å². The van der Waals surface area contributed by atoms with Crippen LogP contribution in [0.3, 0.4) is 0 Å². The van der Waals surface area contributed by atoms with Crippen LogP contribution in [0.15, 0.2) is 58.1 Å². The predicted octanol–water partition coefficient (Wildman–Crippen LogP) is 3.42. The number of hydrogen-bond acceptors (Lipinski definition) is 3. The van der Waals surface area contributed by atoms with E-state index in [-0.39, 0.29) is 0 Å². The van der Waals surface area contributed by atoms with Crippen molar-refractivity contribution in [3.63, 3.8) is 0 Å². The highest BCUT2D eigenvalue weighted by Crippen LogP contribution is 2.48. The first-order chi connectivity index (χ1) is 13.3. The number of ether oxygens (including phenoxy) is 1. The average molecular weight is 370 g/mol. The summed E-state index contributed by atoms with van der Waals surface area (Å²) in [6, 6.07) is 14.5. The Kier molecular flexibility index (Phi) is 7.34. The zero-order valence-corrected chi connectivity index (χ0v) is 16.2. The molecule has 0 aliphatic heterocycles. The molecule has 5 nitrogen and oxygen atoms in total. The van der Waals surface area contributed by atoms with Crippen LogP contribution in [0.25, 0.3) is 0 Å². The van der Waals surface area contributed by atoms with E-state index in [2.05, 4.69) is 41.0 Å². The molecule has 27 heavy (non-hydrogen) atoms. The van der Waals surface area contributed by atoms with Crippen LogP contribution in [0.5, 0.6) is 0 Å². The van der Waals surface area contributed by atoms with Crippen molar-refractivity contribution < 1.29 is 9.15 Å². The second-order valence-corrected chi connectivity index (χ2v) is 7.33. The van der Waals surface area contributed by atoms with Crippen LogP contribution in [-0.2, 0) is 17.6 Å². The van der Waals surface area contributed by atoms with Crippen LogP contribution < -0.4 is 10.6 Å². The van der Waals surface area contributed by atoms with Gasteiger partial charge in [0.2, 0.25) is 0 Å². The molecule has 1 fully saturated rings. The molecule has 0 saturated heterocycles. The summed E-state index contributed by atoms with van der Waals surface area (Å²) < 4.78 is 10.7. The lowest BCUT2D eigenvalue weighted by molar-refractivity contribution is 0.174. The maximum Gasteiger partial charge on any atom is 0.191 e. The second-order valence-electron chi connectivity index (χ2n) is 7.33. The SMILES string of the molecule is COCCC1(CN=C(NCCc2ccccc2)NCCc2ccco2)CC1. The van der Waals surface area contributed by atoms with Crippen LogP contribution in [0.2, 0.25) is 0 Å². The molecule has 0 atom stereocenters. The van der Waals surface area contributed by atoms with Gasteiger partial charge >= 0.3 is 0 Å². The van der Waals surface area contributed by atoms with Crippen molar-refractivity contribution in [1.29, 1.82) is 0 Å². The lowest BCUT2D eigenvalue weighted by Crippen LogP contribution is -2.40. The summed E-state index contributed by atoms with van der Waals surface area (Å²) in [6.45, 7) is 3.34. The van der Waals surface area contributed by atoms with E-state index in [0.717, 1.165) is 57.2 Å². The topological polar surface area (TPSA) is 58.8 Å². The van der Waals surface area contributed by atoms with Gasteiger partial charge in [-0.25, -0.2) is 0 Å². The summed E-state index contributed by atoms with van der Waals surface area (Å²) in [7, 11) is 1.77. The maximum absolute atomic E-state index is 5.41. The number of methoxy groups -OCH3 is 1. The van der Waals surface area contributed by atoms with Crippen molar-refractivity contribution in [3.05, 3.63) is 60.1 Å². The highest BCUT2D eigenvalue weighted by molar-refractivity contribution is 5.79. The molecular formula is C22H31N3O2. The summed E-state index contributed by atoms with van der Waals surface area (Å²) in [6.07, 6.45) is 7.15. The van der Waals surface area contributed by atoms with Gasteiger partial charge < -0.3 is 19.8 Å². The van der Waals surface area contributed by atoms with Crippen molar-refractivity contribution in [3.8, 4) is 0 Å².